The van der Waals surface area contributed by atoms with Crippen molar-refractivity contribution in [2.75, 3.05) is 5.73 Å². The molecule has 8 heteroatoms. The second-order valence-electron chi connectivity index (χ2n) is 3.96. The Kier molecular flexibility index (Phi) is 4.03. The van der Waals surface area contributed by atoms with E-state index in [1.54, 1.807) is 6.07 Å². The third-order valence-corrected chi connectivity index (χ3v) is 3.31. The molecule has 0 saturated carbocycles. The number of nitrogens with one attached hydrogen (secondary N) is 1. The first-order valence-corrected chi connectivity index (χ1v) is 6.49. The second kappa shape index (κ2) is 5.58. The molecule has 2 aromatic rings. The van der Waals surface area contributed by atoms with Crippen molar-refractivity contribution in [3.8, 4) is 0 Å². The number of hydrogen-bond acceptors (Lipinski definition) is 4. The normalized spacial score (nSPS) is 11.6. The van der Waals surface area contributed by atoms with Crippen LogP contribution in [0, 0.1) is 0 Å². The maximum Gasteiger partial charge on any atom is 0.416 e. The largest absolute Gasteiger partial charge is 0.416 e. The Morgan fingerprint density at radius 1 is 1.30 bits per heavy atom. The Bertz CT molecular complexity index is 669. The summed E-state index contributed by atoms with van der Waals surface area (Å²) >= 11 is 1.11. The van der Waals surface area contributed by atoms with E-state index in [1.165, 1.54) is 6.07 Å². The lowest BCUT2D eigenvalue weighted by Gasteiger charge is -2.08. The van der Waals surface area contributed by atoms with E-state index in [0.29, 0.717) is 5.56 Å². The van der Waals surface area contributed by atoms with Gasteiger partial charge in [0.2, 0.25) is 0 Å². The van der Waals surface area contributed by atoms with Gasteiger partial charge in [-0.25, -0.2) is 4.98 Å². The monoisotopic (exact) mass is 301 g/mol. The van der Waals surface area contributed by atoms with Crippen LogP contribution in [0.3, 0.4) is 0 Å². The predicted octanol–water partition coefficient (Wildman–Crippen LogP) is 2.66. The molecule has 2 rings (SSSR count). The fourth-order valence-corrected chi connectivity index (χ4v) is 2.34. The van der Waals surface area contributed by atoms with Crippen molar-refractivity contribution in [3.63, 3.8) is 0 Å². The van der Waals surface area contributed by atoms with Gasteiger partial charge in [0.25, 0.3) is 5.56 Å². The Labute approximate surface area is 116 Å². The van der Waals surface area contributed by atoms with E-state index in [4.69, 9.17) is 5.73 Å². The molecule has 0 aliphatic carbocycles. The van der Waals surface area contributed by atoms with Crippen LogP contribution in [0.5, 0.6) is 0 Å². The molecule has 0 atom stereocenters. The summed E-state index contributed by atoms with van der Waals surface area (Å²) in [6.45, 7) is 0. The third kappa shape index (κ3) is 3.77. The number of H-pyrrole nitrogens is 1. The summed E-state index contributed by atoms with van der Waals surface area (Å²) in [7, 11) is 0. The molecule has 0 fully saturated rings. The van der Waals surface area contributed by atoms with E-state index in [-0.39, 0.29) is 16.7 Å². The van der Waals surface area contributed by atoms with Crippen molar-refractivity contribution in [3.05, 3.63) is 51.8 Å². The number of halogens is 3. The minimum absolute atomic E-state index is 0.0697. The average Bonchev–Trinajstić information content (AvgIpc) is 2.35. The number of nitrogens with two attached hydrogens (primary N) is 1. The van der Waals surface area contributed by atoms with Crippen LogP contribution in [-0.4, -0.2) is 9.97 Å². The fourth-order valence-electron chi connectivity index (χ4n) is 1.51. The maximum absolute atomic E-state index is 12.6. The van der Waals surface area contributed by atoms with Gasteiger partial charge in [-0.3, -0.25) is 4.79 Å². The van der Waals surface area contributed by atoms with Gasteiger partial charge < -0.3 is 10.7 Å². The first-order valence-electron chi connectivity index (χ1n) is 5.50. The lowest BCUT2D eigenvalue weighted by atomic mass is 10.1. The number of aromatic nitrogens is 2. The summed E-state index contributed by atoms with van der Waals surface area (Å²) < 4.78 is 37.7. The number of benzene rings is 1. The molecule has 0 saturated heterocycles. The molecule has 0 aliphatic rings. The topological polar surface area (TPSA) is 71.8 Å². The van der Waals surface area contributed by atoms with Gasteiger partial charge in [0.1, 0.15) is 5.82 Å². The van der Waals surface area contributed by atoms with Crippen LogP contribution >= 0.6 is 11.8 Å². The zero-order valence-corrected chi connectivity index (χ0v) is 10.9. The Morgan fingerprint density at radius 2 is 2.05 bits per heavy atom. The van der Waals surface area contributed by atoms with Crippen LogP contribution < -0.4 is 11.3 Å². The van der Waals surface area contributed by atoms with Gasteiger partial charge in [-0.1, -0.05) is 30.0 Å². The summed E-state index contributed by atoms with van der Waals surface area (Å²) in [5.74, 6) is 0.316. The van der Waals surface area contributed by atoms with Crippen LogP contribution in [0.25, 0.3) is 0 Å². The molecule has 4 nitrogen and oxygen atoms in total. The molecule has 1 aromatic heterocycles. The summed E-state index contributed by atoms with van der Waals surface area (Å²) in [4.78, 5) is 17.5. The van der Waals surface area contributed by atoms with Crippen LogP contribution in [0.2, 0.25) is 0 Å². The quantitative estimate of drug-likeness (QED) is 0.675. The zero-order valence-electron chi connectivity index (χ0n) is 10.1. The van der Waals surface area contributed by atoms with Crippen LogP contribution in [0.15, 0.2) is 40.3 Å². The number of anilines is 1. The highest BCUT2D eigenvalue weighted by molar-refractivity contribution is 7.98. The third-order valence-electron chi connectivity index (χ3n) is 2.37. The molecule has 106 valence electrons. The Balaban J connectivity index is 2.13. The molecule has 0 amide bonds. The first-order chi connectivity index (χ1) is 9.34. The molecule has 0 aliphatic heterocycles. The van der Waals surface area contributed by atoms with Crippen molar-refractivity contribution in [1.29, 1.82) is 0 Å². The molecular weight excluding hydrogens is 291 g/mol. The van der Waals surface area contributed by atoms with Crippen LogP contribution in [0.4, 0.5) is 19.0 Å². The lowest BCUT2D eigenvalue weighted by Crippen LogP contribution is -2.09. The number of aromatic amines is 1. The first kappa shape index (κ1) is 14.4. The van der Waals surface area contributed by atoms with Crippen LogP contribution in [-0.2, 0) is 11.9 Å². The van der Waals surface area contributed by atoms with Gasteiger partial charge in [0.05, 0.1) is 5.56 Å². The van der Waals surface area contributed by atoms with Crippen molar-refractivity contribution in [2.45, 2.75) is 17.1 Å². The van der Waals surface area contributed by atoms with Gasteiger partial charge >= 0.3 is 6.18 Å². The number of alkyl halides is 3. The van der Waals surface area contributed by atoms with E-state index in [1.807, 2.05) is 0 Å². The molecule has 0 radical (unpaired) electrons. The predicted molar refractivity (Wildman–Crippen MR) is 70.3 cm³/mol. The van der Waals surface area contributed by atoms with Gasteiger partial charge in [-0.05, 0) is 11.6 Å². The maximum atomic E-state index is 12.6. The standard InChI is InChI=1S/C12H10F3N3OS/c13-12(14,15)8-3-1-2-7(4-8)6-20-11-17-9(16)5-10(19)18-11/h1-5H,6H2,(H3,16,17,18,19). The van der Waals surface area contributed by atoms with E-state index >= 15 is 0 Å². The minimum Gasteiger partial charge on any atom is -0.383 e. The highest BCUT2D eigenvalue weighted by Crippen LogP contribution is 2.30. The molecule has 20 heavy (non-hydrogen) atoms. The fraction of sp³-hybridized carbons (Fsp3) is 0.167. The summed E-state index contributed by atoms with van der Waals surface area (Å²) in [5.41, 5.74) is 4.79. The van der Waals surface area contributed by atoms with Crippen LogP contribution in [0.1, 0.15) is 11.1 Å². The number of nitrogen functional groups attached to an aromatic ring is 1. The summed E-state index contributed by atoms with van der Waals surface area (Å²) in [6, 6.07) is 6.13. The SMILES string of the molecule is Nc1cc(=O)[nH]c(SCc2cccc(C(F)(F)F)c2)n1. The molecular formula is C12H10F3N3OS. The molecule has 0 unspecified atom stereocenters. The number of hydrogen-bond donors (Lipinski definition) is 2. The van der Waals surface area contributed by atoms with Gasteiger partial charge in [0.15, 0.2) is 5.16 Å². The Morgan fingerprint density at radius 3 is 2.70 bits per heavy atom. The van der Waals surface area contributed by atoms with Crippen molar-refractivity contribution >= 4 is 17.6 Å². The van der Waals surface area contributed by atoms with Crippen molar-refractivity contribution in [2.24, 2.45) is 0 Å². The molecule has 1 aromatic carbocycles. The molecule has 1 heterocycles. The molecule has 0 spiro atoms. The summed E-state index contributed by atoms with van der Waals surface area (Å²) in [5, 5.41) is 0.271. The number of thioether (sulfide) groups is 1. The summed E-state index contributed by atoms with van der Waals surface area (Å²) in [6.07, 6.45) is -4.37. The zero-order chi connectivity index (χ0) is 14.8. The van der Waals surface area contributed by atoms with Crippen molar-refractivity contribution < 1.29 is 13.2 Å². The number of nitrogens with zero attached hydrogens (tertiary/aromatic N) is 1. The van der Waals surface area contributed by atoms with Gasteiger partial charge in [-0.2, -0.15) is 13.2 Å². The molecule has 3 N–H and O–H groups in total. The van der Waals surface area contributed by atoms with E-state index in [0.717, 1.165) is 30.0 Å². The Hall–Kier alpha value is -1.96. The second-order valence-corrected chi connectivity index (χ2v) is 4.93. The van der Waals surface area contributed by atoms with E-state index < -0.39 is 17.3 Å². The smallest absolute Gasteiger partial charge is 0.383 e. The number of rotatable bonds is 3. The van der Waals surface area contributed by atoms with Gasteiger partial charge in [0, 0.05) is 11.8 Å². The van der Waals surface area contributed by atoms with Crippen molar-refractivity contribution in [1.82, 2.24) is 9.97 Å². The van der Waals surface area contributed by atoms with Gasteiger partial charge in [-0.15, -0.1) is 0 Å². The van der Waals surface area contributed by atoms with E-state index in [9.17, 15) is 18.0 Å². The molecule has 0 bridgehead atoms. The lowest BCUT2D eigenvalue weighted by molar-refractivity contribution is -0.137. The highest BCUT2D eigenvalue weighted by Gasteiger charge is 2.30. The highest BCUT2D eigenvalue weighted by atomic mass is 32.2. The minimum atomic E-state index is -4.37. The van der Waals surface area contributed by atoms with E-state index in [2.05, 4.69) is 9.97 Å². The average molecular weight is 301 g/mol.